The van der Waals surface area contributed by atoms with Crippen LogP contribution in [0.5, 0.6) is 0 Å². The fraction of sp³-hybridized carbons (Fsp3) is 0.333. The van der Waals surface area contributed by atoms with Gasteiger partial charge in [-0.15, -0.1) is 0 Å². The topological polar surface area (TPSA) is 47.3 Å². The first-order valence-electron chi connectivity index (χ1n) is 5.44. The SMILES string of the molecule is NNC(C1=COCCC1)c1cc(Cl)ccc1F. The maximum absolute atomic E-state index is 13.7. The molecule has 0 amide bonds. The van der Waals surface area contributed by atoms with E-state index in [2.05, 4.69) is 5.43 Å². The Morgan fingerprint density at radius 2 is 2.29 bits per heavy atom. The van der Waals surface area contributed by atoms with E-state index in [0.29, 0.717) is 17.2 Å². The molecule has 0 bridgehead atoms. The average Bonchev–Trinajstić information content (AvgIpc) is 2.36. The third-order valence-electron chi connectivity index (χ3n) is 2.77. The molecule has 0 spiro atoms. The van der Waals surface area contributed by atoms with Gasteiger partial charge >= 0.3 is 0 Å². The molecular weight excluding hydrogens is 243 g/mol. The summed E-state index contributed by atoms with van der Waals surface area (Å²) < 4.78 is 19.0. The monoisotopic (exact) mass is 256 g/mol. The van der Waals surface area contributed by atoms with Crippen LogP contribution in [0.3, 0.4) is 0 Å². The Morgan fingerprint density at radius 3 is 2.94 bits per heavy atom. The zero-order valence-corrected chi connectivity index (χ0v) is 10.0. The number of benzene rings is 1. The van der Waals surface area contributed by atoms with Crippen LogP contribution in [0.15, 0.2) is 30.0 Å². The van der Waals surface area contributed by atoms with Crippen LogP contribution in [0.1, 0.15) is 24.4 Å². The van der Waals surface area contributed by atoms with E-state index in [1.165, 1.54) is 12.1 Å². The zero-order chi connectivity index (χ0) is 12.3. The van der Waals surface area contributed by atoms with Gasteiger partial charge in [-0.1, -0.05) is 11.6 Å². The van der Waals surface area contributed by atoms with E-state index in [1.807, 2.05) is 0 Å². The van der Waals surface area contributed by atoms with E-state index >= 15 is 0 Å². The molecule has 2 rings (SSSR count). The van der Waals surface area contributed by atoms with Gasteiger partial charge in [0.1, 0.15) is 5.82 Å². The number of ether oxygens (including phenoxy) is 1. The molecule has 0 aliphatic carbocycles. The fourth-order valence-electron chi connectivity index (χ4n) is 1.93. The van der Waals surface area contributed by atoms with Crippen LogP contribution in [0, 0.1) is 5.82 Å². The molecule has 17 heavy (non-hydrogen) atoms. The third-order valence-corrected chi connectivity index (χ3v) is 3.00. The number of halogens is 2. The third kappa shape index (κ3) is 2.77. The van der Waals surface area contributed by atoms with Crippen molar-refractivity contribution in [3.8, 4) is 0 Å². The highest BCUT2D eigenvalue weighted by Crippen LogP contribution is 2.30. The maximum atomic E-state index is 13.7. The van der Waals surface area contributed by atoms with Gasteiger partial charge in [0.15, 0.2) is 0 Å². The Labute approximate surface area is 104 Å². The maximum Gasteiger partial charge on any atom is 0.128 e. The summed E-state index contributed by atoms with van der Waals surface area (Å²) >= 11 is 5.87. The van der Waals surface area contributed by atoms with Crippen molar-refractivity contribution in [2.45, 2.75) is 18.9 Å². The van der Waals surface area contributed by atoms with E-state index < -0.39 is 6.04 Å². The standard InChI is InChI=1S/C12H14ClFN2O/c13-9-3-4-11(14)10(6-9)12(16-15)8-2-1-5-17-7-8/h3-4,6-7,12,16H,1-2,5,15H2. The van der Waals surface area contributed by atoms with Gasteiger partial charge in [-0.2, -0.15) is 0 Å². The lowest BCUT2D eigenvalue weighted by atomic mass is 9.95. The summed E-state index contributed by atoms with van der Waals surface area (Å²) in [5.41, 5.74) is 3.98. The summed E-state index contributed by atoms with van der Waals surface area (Å²) in [6.45, 7) is 0.693. The minimum absolute atomic E-state index is 0.330. The minimum atomic E-state index is -0.394. The summed E-state index contributed by atoms with van der Waals surface area (Å²) in [6, 6.07) is 4.04. The number of hydrazine groups is 1. The molecule has 0 fully saturated rings. The molecule has 3 N–H and O–H groups in total. The number of nitrogens with one attached hydrogen (secondary N) is 1. The molecule has 0 aromatic heterocycles. The molecule has 1 aliphatic rings. The highest BCUT2D eigenvalue weighted by atomic mass is 35.5. The first-order valence-corrected chi connectivity index (χ1v) is 5.82. The Bertz CT molecular complexity index is 437. The van der Waals surface area contributed by atoms with E-state index in [4.69, 9.17) is 22.2 Å². The van der Waals surface area contributed by atoms with Gasteiger partial charge in [0.05, 0.1) is 18.9 Å². The Balaban J connectivity index is 2.34. The predicted molar refractivity (Wildman–Crippen MR) is 64.7 cm³/mol. The van der Waals surface area contributed by atoms with Crippen molar-refractivity contribution in [1.82, 2.24) is 5.43 Å². The Morgan fingerprint density at radius 1 is 1.47 bits per heavy atom. The molecule has 1 aromatic rings. The number of hydrogen-bond donors (Lipinski definition) is 2. The summed E-state index contributed by atoms with van der Waals surface area (Å²) in [5, 5.41) is 0.485. The summed E-state index contributed by atoms with van der Waals surface area (Å²) in [5.74, 6) is 5.17. The molecular formula is C12H14ClFN2O. The molecule has 1 aromatic carbocycles. The highest BCUT2D eigenvalue weighted by molar-refractivity contribution is 6.30. The van der Waals surface area contributed by atoms with Gasteiger partial charge in [-0.3, -0.25) is 5.84 Å². The van der Waals surface area contributed by atoms with Gasteiger partial charge in [-0.25, -0.2) is 9.82 Å². The van der Waals surface area contributed by atoms with Crippen LogP contribution in [0.2, 0.25) is 5.02 Å². The fourth-order valence-corrected chi connectivity index (χ4v) is 2.11. The lowest BCUT2D eigenvalue weighted by molar-refractivity contribution is 0.219. The smallest absolute Gasteiger partial charge is 0.128 e. The Hall–Kier alpha value is -1.10. The molecule has 92 valence electrons. The van der Waals surface area contributed by atoms with Crippen LogP contribution >= 0.6 is 11.6 Å². The average molecular weight is 257 g/mol. The first-order chi connectivity index (χ1) is 8.22. The van der Waals surface area contributed by atoms with E-state index in [0.717, 1.165) is 18.4 Å². The molecule has 1 unspecified atom stereocenters. The molecule has 3 nitrogen and oxygen atoms in total. The lowest BCUT2D eigenvalue weighted by Crippen LogP contribution is -2.31. The first kappa shape index (κ1) is 12.4. The van der Waals surface area contributed by atoms with Gasteiger partial charge < -0.3 is 4.74 Å². The van der Waals surface area contributed by atoms with Crippen LogP contribution in [0.4, 0.5) is 4.39 Å². The second-order valence-electron chi connectivity index (χ2n) is 3.93. The van der Waals surface area contributed by atoms with Crippen LogP contribution in [-0.4, -0.2) is 6.61 Å². The highest BCUT2D eigenvalue weighted by Gasteiger charge is 2.21. The minimum Gasteiger partial charge on any atom is -0.501 e. The lowest BCUT2D eigenvalue weighted by Gasteiger charge is -2.23. The second kappa shape index (κ2) is 5.49. The molecule has 5 heteroatoms. The number of rotatable bonds is 3. The van der Waals surface area contributed by atoms with E-state index in [9.17, 15) is 4.39 Å². The van der Waals surface area contributed by atoms with Gasteiger partial charge in [-0.05, 0) is 36.6 Å². The van der Waals surface area contributed by atoms with E-state index in [1.54, 1.807) is 12.3 Å². The Kier molecular flexibility index (Phi) is 3.99. The summed E-state index contributed by atoms with van der Waals surface area (Å²) in [4.78, 5) is 0. The molecule has 0 saturated heterocycles. The van der Waals surface area contributed by atoms with Crippen molar-refractivity contribution in [3.05, 3.63) is 46.4 Å². The van der Waals surface area contributed by atoms with Crippen molar-refractivity contribution >= 4 is 11.6 Å². The predicted octanol–water partition coefficient (Wildman–Crippen LogP) is 2.68. The zero-order valence-electron chi connectivity index (χ0n) is 9.25. The number of hydrogen-bond acceptors (Lipinski definition) is 3. The normalized spacial score (nSPS) is 17.2. The number of nitrogens with two attached hydrogens (primary N) is 1. The molecule has 1 atom stereocenters. The van der Waals surface area contributed by atoms with Crippen molar-refractivity contribution < 1.29 is 9.13 Å². The summed E-state index contributed by atoms with van der Waals surface area (Å²) in [7, 11) is 0. The van der Waals surface area contributed by atoms with E-state index in [-0.39, 0.29) is 5.82 Å². The van der Waals surface area contributed by atoms with Crippen molar-refractivity contribution in [3.63, 3.8) is 0 Å². The van der Waals surface area contributed by atoms with Crippen molar-refractivity contribution in [1.29, 1.82) is 0 Å². The van der Waals surface area contributed by atoms with Crippen molar-refractivity contribution in [2.24, 2.45) is 5.84 Å². The molecule has 0 radical (unpaired) electrons. The second-order valence-corrected chi connectivity index (χ2v) is 4.37. The molecule has 1 heterocycles. The van der Waals surface area contributed by atoms with Crippen molar-refractivity contribution in [2.75, 3.05) is 6.61 Å². The van der Waals surface area contributed by atoms with Crippen LogP contribution in [0.25, 0.3) is 0 Å². The molecule has 1 aliphatic heterocycles. The molecule has 0 saturated carbocycles. The van der Waals surface area contributed by atoms with Gasteiger partial charge in [0, 0.05) is 10.6 Å². The van der Waals surface area contributed by atoms with Gasteiger partial charge in [0.25, 0.3) is 0 Å². The quantitative estimate of drug-likeness (QED) is 0.646. The van der Waals surface area contributed by atoms with Crippen LogP contribution in [-0.2, 0) is 4.74 Å². The summed E-state index contributed by atoms with van der Waals surface area (Å²) in [6.07, 6.45) is 3.39. The largest absolute Gasteiger partial charge is 0.501 e. The van der Waals surface area contributed by atoms with Crippen LogP contribution < -0.4 is 11.3 Å². The van der Waals surface area contributed by atoms with Gasteiger partial charge in [0.2, 0.25) is 0 Å².